The molecular formula is C17H20N2S. The van der Waals surface area contributed by atoms with Crippen LogP contribution in [0.25, 0.3) is 10.9 Å². The van der Waals surface area contributed by atoms with Crippen molar-refractivity contribution in [1.82, 2.24) is 9.88 Å². The molecule has 0 amide bonds. The summed E-state index contributed by atoms with van der Waals surface area (Å²) in [5.74, 6) is 0. The molecule has 0 atom stereocenters. The molecule has 3 aromatic rings. The Balaban J connectivity index is 1.50. The maximum Gasteiger partial charge on any atom is 0.0480 e. The average Bonchev–Trinajstić information content (AvgIpc) is 3.08. The molecule has 104 valence electrons. The van der Waals surface area contributed by atoms with Gasteiger partial charge in [0.15, 0.2) is 0 Å². The number of hydrogen-bond donors (Lipinski definition) is 1. The molecule has 0 spiro atoms. The molecule has 0 saturated heterocycles. The molecule has 20 heavy (non-hydrogen) atoms. The van der Waals surface area contributed by atoms with Crippen LogP contribution < -0.4 is 5.32 Å². The van der Waals surface area contributed by atoms with Crippen molar-refractivity contribution >= 4 is 22.2 Å². The fourth-order valence-corrected chi connectivity index (χ4v) is 3.21. The normalized spacial score (nSPS) is 11.2. The van der Waals surface area contributed by atoms with Gasteiger partial charge in [0.25, 0.3) is 0 Å². The molecule has 0 aliphatic heterocycles. The molecule has 0 saturated carbocycles. The first-order valence-electron chi connectivity index (χ1n) is 7.10. The summed E-state index contributed by atoms with van der Waals surface area (Å²) in [7, 11) is 0. The van der Waals surface area contributed by atoms with Crippen LogP contribution in [0.2, 0.25) is 0 Å². The van der Waals surface area contributed by atoms with Gasteiger partial charge >= 0.3 is 0 Å². The molecule has 2 nitrogen and oxygen atoms in total. The van der Waals surface area contributed by atoms with Crippen LogP contribution >= 0.6 is 11.3 Å². The topological polar surface area (TPSA) is 17.0 Å². The Kier molecular flexibility index (Phi) is 4.19. The number of rotatable bonds is 6. The Bertz CT molecular complexity index is 667. The van der Waals surface area contributed by atoms with Gasteiger partial charge in [-0.05, 0) is 65.9 Å². The van der Waals surface area contributed by atoms with E-state index in [-0.39, 0.29) is 0 Å². The average molecular weight is 284 g/mol. The maximum absolute atomic E-state index is 3.52. The molecule has 0 fully saturated rings. The minimum absolute atomic E-state index is 1.02. The second-order valence-corrected chi connectivity index (χ2v) is 5.98. The molecule has 0 unspecified atom stereocenters. The molecule has 3 rings (SSSR count). The van der Waals surface area contributed by atoms with Crippen LogP contribution in [0.1, 0.15) is 11.1 Å². The van der Waals surface area contributed by atoms with E-state index in [0.717, 1.165) is 26.1 Å². The van der Waals surface area contributed by atoms with Crippen LogP contribution in [0, 0.1) is 6.92 Å². The summed E-state index contributed by atoms with van der Waals surface area (Å²) in [6, 6.07) is 11.1. The van der Waals surface area contributed by atoms with Gasteiger partial charge < -0.3 is 9.88 Å². The van der Waals surface area contributed by atoms with Crippen molar-refractivity contribution in [2.75, 3.05) is 13.1 Å². The molecule has 1 aromatic carbocycles. The Labute approximate surface area is 124 Å². The summed E-state index contributed by atoms with van der Waals surface area (Å²) in [6.45, 7) is 5.23. The molecule has 2 heterocycles. The van der Waals surface area contributed by atoms with Crippen molar-refractivity contribution in [2.45, 2.75) is 19.9 Å². The Morgan fingerprint density at radius 1 is 1.15 bits per heavy atom. The first kappa shape index (κ1) is 13.4. The van der Waals surface area contributed by atoms with Gasteiger partial charge in [0.1, 0.15) is 0 Å². The molecule has 0 bridgehead atoms. The molecular weight excluding hydrogens is 264 g/mol. The lowest BCUT2D eigenvalue weighted by Crippen LogP contribution is -2.22. The minimum Gasteiger partial charge on any atom is -0.346 e. The number of benzene rings is 1. The summed E-state index contributed by atoms with van der Waals surface area (Å²) in [5, 5.41) is 9.23. The van der Waals surface area contributed by atoms with Gasteiger partial charge in [0, 0.05) is 24.8 Å². The SMILES string of the molecule is Cc1ccc2c(ccn2CCNCCc2ccsc2)c1. The van der Waals surface area contributed by atoms with E-state index < -0.39 is 0 Å². The van der Waals surface area contributed by atoms with Crippen molar-refractivity contribution in [3.05, 3.63) is 58.4 Å². The van der Waals surface area contributed by atoms with Gasteiger partial charge in [-0.25, -0.2) is 0 Å². The molecule has 3 heteroatoms. The Hall–Kier alpha value is -1.58. The Morgan fingerprint density at radius 3 is 2.95 bits per heavy atom. The maximum atomic E-state index is 3.52. The highest BCUT2D eigenvalue weighted by atomic mass is 32.1. The second-order valence-electron chi connectivity index (χ2n) is 5.20. The van der Waals surface area contributed by atoms with Crippen LogP contribution in [0.3, 0.4) is 0 Å². The van der Waals surface area contributed by atoms with Crippen LogP contribution in [-0.4, -0.2) is 17.7 Å². The number of fused-ring (bicyclic) bond motifs is 1. The standard InChI is InChI=1S/C17H20N2S/c1-14-2-3-17-16(12-14)5-9-19(17)10-8-18-7-4-15-6-11-20-13-15/h2-3,5-6,9,11-13,18H,4,7-8,10H2,1H3. The van der Waals surface area contributed by atoms with E-state index in [1.807, 2.05) is 0 Å². The first-order valence-corrected chi connectivity index (χ1v) is 8.04. The van der Waals surface area contributed by atoms with E-state index in [0.29, 0.717) is 0 Å². The zero-order valence-electron chi connectivity index (χ0n) is 11.8. The second kappa shape index (κ2) is 6.25. The van der Waals surface area contributed by atoms with Crippen molar-refractivity contribution in [3.63, 3.8) is 0 Å². The van der Waals surface area contributed by atoms with Gasteiger partial charge in [-0.2, -0.15) is 11.3 Å². The summed E-state index contributed by atoms with van der Waals surface area (Å²) >= 11 is 1.77. The van der Waals surface area contributed by atoms with E-state index in [4.69, 9.17) is 0 Å². The molecule has 1 N–H and O–H groups in total. The molecule has 0 aliphatic carbocycles. The van der Waals surface area contributed by atoms with Crippen molar-refractivity contribution < 1.29 is 0 Å². The van der Waals surface area contributed by atoms with Crippen molar-refractivity contribution in [1.29, 1.82) is 0 Å². The molecule has 2 aromatic heterocycles. The Morgan fingerprint density at radius 2 is 2.10 bits per heavy atom. The highest BCUT2D eigenvalue weighted by Crippen LogP contribution is 2.17. The number of aryl methyl sites for hydroxylation is 1. The van der Waals surface area contributed by atoms with Gasteiger partial charge in [-0.3, -0.25) is 0 Å². The zero-order chi connectivity index (χ0) is 13.8. The van der Waals surface area contributed by atoms with E-state index >= 15 is 0 Å². The van der Waals surface area contributed by atoms with E-state index in [1.54, 1.807) is 11.3 Å². The van der Waals surface area contributed by atoms with Crippen LogP contribution in [0.5, 0.6) is 0 Å². The van der Waals surface area contributed by atoms with E-state index in [1.165, 1.54) is 22.0 Å². The zero-order valence-corrected chi connectivity index (χ0v) is 12.6. The monoisotopic (exact) mass is 284 g/mol. The van der Waals surface area contributed by atoms with Crippen molar-refractivity contribution in [3.8, 4) is 0 Å². The summed E-state index contributed by atoms with van der Waals surface area (Å²) in [6.07, 6.45) is 3.31. The first-order chi connectivity index (χ1) is 9.83. The van der Waals surface area contributed by atoms with Gasteiger partial charge in [0.05, 0.1) is 0 Å². The van der Waals surface area contributed by atoms with Crippen LogP contribution in [0.4, 0.5) is 0 Å². The lowest BCUT2D eigenvalue weighted by Gasteiger charge is -2.07. The predicted octanol–water partition coefficient (Wildman–Crippen LogP) is 3.84. The fourth-order valence-electron chi connectivity index (χ4n) is 2.51. The quantitative estimate of drug-likeness (QED) is 0.680. The number of thiophene rings is 1. The van der Waals surface area contributed by atoms with Gasteiger partial charge in [-0.1, -0.05) is 11.6 Å². The predicted molar refractivity (Wildman–Crippen MR) is 87.6 cm³/mol. The smallest absolute Gasteiger partial charge is 0.0480 e. The largest absolute Gasteiger partial charge is 0.346 e. The summed E-state index contributed by atoms with van der Waals surface area (Å²) < 4.78 is 2.33. The lowest BCUT2D eigenvalue weighted by molar-refractivity contribution is 0.610. The third kappa shape index (κ3) is 3.11. The lowest BCUT2D eigenvalue weighted by atomic mass is 10.2. The third-order valence-electron chi connectivity index (χ3n) is 3.63. The minimum atomic E-state index is 1.02. The number of nitrogens with one attached hydrogen (secondary N) is 1. The molecule has 0 radical (unpaired) electrons. The highest BCUT2D eigenvalue weighted by Gasteiger charge is 2.00. The molecule has 0 aliphatic rings. The van der Waals surface area contributed by atoms with Crippen molar-refractivity contribution in [2.24, 2.45) is 0 Å². The number of hydrogen-bond acceptors (Lipinski definition) is 2. The summed E-state index contributed by atoms with van der Waals surface area (Å²) in [4.78, 5) is 0. The van der Waals surface area contributed by atoms with E-state index in [2.05, 4.69) is 64.1 Å². The van der Waals surface area contributed by atoms with E-state index in [9.17, 15) is 0 Å². The van der Waals surface area contributed by atoms with Crippen LogP contribution in [-0.2, 0) is 13.0 Å². The van der Waals surface area contributed by atoms with Gasteiger partial charge in [-0.15, -0.1) is 0 Å². The fraction of sp³-hybridized carbons (Fsp3) is 0.294. The number of aromatic nitrogens is 1. The van der Waals surface area contributed by atoms with Crippen LogP contribution in [0.15, 0.2) is 47.3 Å². The third-order valence-corrected chi connectivity index (χ3v) is 4.36. The number of nitrogens with zero attached hydrogens (tertiary/aromatic N) is 1. The highest BCUT2D eigenvalue weighted by molar-refractivity contribution is 7.07. The van der Waals surface area contributed by atoms with Gasteiger partial charge in [0.2, 0.25) is 0 Å². The summed E-state index contributed by atoms with van der Waals surface area (Å²) in [5.41, 5.74) is 4.09.